The standard InChI is InChI=1S/C21H18FN5O/c1-14-4-2-3-5-16(14)12-27-13-18(11-23-27)24-21(28)20-10-19(25-26-20)15-6-8-17(22)9-7-15/h2-11,13H,12H2,1H3,(H,24,28)(H,25,26). The summed E-state index contributed by atoms with van der Waals surface area (Å²) >= 11 is 0. The quantitative estimate of drug-likeness (QED) is 0.553. The lowest BCUT2D eigenvalue weighted by molar-refractivity contribution is 0.102. The van der Waals surface area contributed by atoms with Crippen molar-refractivity contribution in [1.29, 1.82) is 0 Å². The fraction of sp³-hybridized carbons (Fsp3) is 0.0952. The zero-order valence-corrected chi connectivity index (χ0v) is 15.2. The van der Waals surface area contributed by atoms with Gasteiger partial charge in [0.25, 0.3) is 5.91 Å². The minimum Gasteiger partial charge on any atom is -0.318 e. The van der Waals surface area contributed by atoms with Gasteiger partial charge in [0.15, 0.2) is 0 Å². The van der Waals surface area contributed by atoms with Crippen LogP contribution in [0.4, 0.5) is 10.1 Å². The third-order valence-electron chi connectivity index (χ3n) is 4.45. The number of halogens is 1. The van der Waals surface area contributed by atoms with Gasteiger partial charge in [-0.1, -0.05) is 24.3 Å². The van der Waals surface area contributed by atoms with E-state index in [1.807, 2.05) is 12.1 Å². The van der Waals surface area contributed by atoms with Gasteiger partial charge in [-0.3, -0.25) is 14.6 Å². The molecule has 0 bridgehead atoms. The van der Waals surface area contributed by atoms with Crippen LogP contribution in [-0.2, 0) is 6.54 Å². The number of nitrogens with zero attached hydrogens (tertiary/aromatic N) is 3. The summed E-state index contributed by atoms with van der Waals surface area (Å²) in [5.74, 6) is -0.642. The molecule has 6 nitrogen and oxygen atoms in total. The van der Waals surface area contributed by atoms with Crippen LogP contribution in [0.5, 0.6) is 0 Å². The molecular weight excluding hydrogens is 357 g/mol. The number of carbonyl (C=O) groups is 1. The summed E-state index contributed by atoms with van der Waals surface area (Å²) < 4.78 is 14.8. The minimum absolute atomic E-state index is 0.311. The van der Waals surface area contributed by atoms with Gasteiger partial charge >= 0.3 is 0 Å². The van der Waals surface area contributed by atoms with Gasteiger partial charge in [-0.2, -0.15) is 10.2 Å². The highest BCUT2D eigenvalue weighted by Gasteiger charge is 2.12. The van der Waals surface area contributed by atoms with Crippen molar-refractivity contribution in [2.24, 2.45) is 0 Å². The molecule has 0 spiro atoms. The monoisotopic (exact) mass is 375 g/mol. The predicted octanol–water partition coefficient (Wildman–Crippen LogP) is 4.02. The third-order valence-corrected chi connectivity index (χ3v) is 4.45. The first kappa shape index (κ1) is 17.7. The van der Waals surface area contributed by atoms with Crippen LogP contribution >= 0.6 is 0 Å². The zero-order chi connectivity index (χ0) is 19.5. The molecule has 2 heterocycles. The molecule has 0 radical (unpaired) electrons. The summed E-state index contributed by atoms with van der Waals surface area (Å²) in [5.41, 5.74) is 4.56. The van der Waals surface area contributed by atoms with E-state index in [0.29, 0.717) is 23.6 Å². The van der Waals surface area contributed by atoms with Gasteiger partial charge in [0.1, 0.15) is 11.5 Å². The van der Waals surface area contributed by atoms with Crippen LogP contribution in [0.1, 0.15) is 21.6 Å². The van der Waals surface area contributed by atoms with E-state index in [-0.39, 0.29) is 11.7 Å². The topological polar surface area (TPSA) is 75.6 Å². The van der Waals surface area contributed by atoms with Crippen LogP contribution in [0, 0.1) is 12.7 Å². The smallest absolute Gasteiger partial charge is 0.273 e. The Hall–Kier alpha value is -3.74. The zero-order valence-electron chi connectivity index (χ0n) is 15.2. The molecule has 0 fully saturated rings. The summed E-state index contributed by atoms with van der Waals surface area (Å²) in [6, 6.07) is 15.7. The number of rotatable bonds is 5. The predicted molar refractivity (Wildman–Crippen MR) is 104 cm³/mol. The molecule has 0 aliphatic rings. The highest BCUT2D eigenvalue weighted by molar-refractivity contribution is 6.03. The molecule has 0 unspecified atom stereocenters. The number of anilines is 1. The number of aromatic amines is 1. The average molecular weight is 375 g/mol. The molecule has 4 aromatic rings. The molecule has 28 heavy (non-hydrogen) atoms. The molecule has 1 amide bonds. The van der Waals surface area contributed by atoms with Gasteiger partial charge in [0.2, 0.25) is 0 Å². The van der Waals surface area contributed by atoms with Crippen molar-refractivity contribution in [2.75, 3.05) is 5.32 Å². The van der Waals surface area contributed by atoms with Gasteiger partial charge in [0, 0.05) is 11.8 Å². The Morgan fingerprint density at radius 1 is 1.18 bits per heavy atom. The molecule has 2 aromatic carbocycles. The van der Waals surface area contributed by atoms with Crippen LogP contribution in [0.25, 0.3) is 11.3 Å². The Kier molecular flexibility index (Phi) is 4.72. The van der Waals surface area contributed by atoms with Crippen LogP contribution in [0.2, 0.25) is 0 Å². The molecule has 7 heteroatoms. The molecular formula is C21H18FN5O. The fourth-order valence-electron chi connectivity index (χ4n) is 2.88. The van der Waals surface area contributed by atoms with Crippen molar-refractivity contribution in [3.05, 3.63) is 89.6 Å². The highest BCUT2D eigenvalue weighted by Crippen LogP contribution is 2.19. The van der Waals surface area contributed by atoms with Crippen molar-refractivity contribution in [3.8, 4) is 11.3 Å². The van der Waals surface area contributed by atoms with E-state index in [1.54, 1.807) is 35.3 Å². The normalized spacial score (nSPS) is 10.8. The van der Waals surface area contributed by atoms with Gasteiger partial charge in [-0.05, 0) is 48.4 Å². The number of hydrogen-bond donors (Lipinski definition) is 2. The van der Waals surface area contributed by atoms with Crippen molar-refractivity contribution < 1.29 is 9.18 Å². The first-order chi connectivity index (χ1) is 13.6. The number of hydrogen-bond acceptors (Lipinski definition) is 3. The molecule has 0 saturated carbocycles. The maximum absolute atomic E-state index is 13.0. The van der Waals surface area contributed by atoms with Gasteiger partial charge in [-0.15, -0.1) is 0 Å². The molecule has 0 saturated heterocycles. The molecule has 140 valence electrons. The fourth-order valence-corrected chi connectivity index (χ4v) is 2.88. The van der Waals surface area contributed by atoms with Crippen molar-refractivity contribution >= 4 is 11.6 Å². The molecule has 2 N–H and O–H groups in total. The summed E-state index contributed by atoms with van der Waals surface area (Å²) in [7, 11) is 0. The summed E-state index contributed by atoms with van der Waals surface area (Å²) in [6.45, 7) is 2.68. The maximum atomic E-state index is 13.0. The van der Waals surface area contributed by atoms with Crippen LogP contribution in [0.3, 0.4) is 0 Å². The van der Waals surface area contributed by atoms with Crippen molar-refractivity contribution in [1.82, 2.24) is 20.0 Å². The average Bonchev–Trinajstić information content (AvgIpc) is 3.34. The molecule has 4 rings (SSSR count). The van der Waals surface area contributed by atoms with E-state index in [1.165, 1.54) is 23.3 Å². The number of aromatic nitrogens is 4. The summed E-state index contributed by atoms with van der Waals surface area (Å²) in [4.78, 5) is 12.5. The van der Waals surface area contributed by atoms with E-state index < -0.39 is 0 Å². The summed E-state index contributed by atoms with van der Waals surface area (Å²) in [5, 5.41) is 13.9. The summed E-state index contributed by atoms with van der Waals surface area (Å²) in [6.07, 6.45) is 3.38. The van der Waals surface area contributed by atoms with Crippen molar-refractivity contribution in [2.45, 2.75) is 13.5 Å². The van der Waals surface area contributed by atoms with E-state index in [4.69, 9.17) is 0 Å². The van der Waals surface area contributed by atoms with E-state index >= 15 is 0 Å². The van der Waals surface area contributed by atoms with E-state index in [0.717, 1.165) is 5.56 Å². The first-order valence-corrected chi connectivity index (χ1v) is 8.78. The molecule has 0 atom stereocenters. The van der Waals surface area contributed by atoms with Gasteiger partial charge in [-0.25, -0.2) is 4.39 Å². The lowest BCUT2D eigenvalue weighted by Gasteiger charge is -2.05. The molecule has 2 aromatic heterocycles. The number of H-pyrrole nitrogens is 1. The Morgan fingerprint density at radius 3 is 2.75 bits per heavy atom. The van der Waals surface area contributed by atoms with Crippen LogP contribution in [-0.4, -0.2) is 25.9 Å². The number of benzene rings is 2. The van der Waals surface area contributed by atoms with Gasteiger partial charge < -0.3 is 5.32 Å². The van der Waals surface area contributed by atoms with Crippen LogP contribution < -0.4 is 5.32 Å². The second kappa shape index (κ2) is 7.48. The second-order valence-corrected chi connectivity index (χ2v) is 6.48. The molecule has 0 aliphatic heterocycles. The Morgan fingerprint density at radius 2 is 1.96 bits per heavy atom. The highest BCUT2D eigenvalue weighted by atomic mass is 19.1. The Labute approximate surface area is 161 Å². The van der Waals surface area contributed by atoms with Crippen molar-refractivity contribution in [3.63, 3.8) is 0 Å². The number of carbonyl (C=O) groups excluding carboxylic acids is 1. The SMILES string of the molecule is Cc1ccccc1Cn1cc(NC(=O)c2cc(-c3ccc(F)cc3)n[nH]2)cn1. The van der Waals surface area contributed by atoms with Crippen LogP contribution in [0.15, 0.2) is 67.0 Å². The lowest BCUT2D eigenvalue weighted by atomic mass is 10.1. The minimum atomic E-state index is -0.323. The maximum Gasteiger partial charge on any atom is 0.273 e. The number of amides is 1. The number of aryl methyl sites for hydroxylation is 1. The Balaban J connectivity index is 1.44. The second-order valence-electron chi connectivity index (χ2n) is 6.48. The largest absolute Gasteiger partial charge is 0.318 e. The van der Waals surface area contributed by atoms with Gasteiger partial charge in [0.05, 0.1) is 24.1 Å². The molecule has 0 aliphatic carbocycles. The number of nitrogens with one attached hydrogen (secondary N) is 2. The Bertz CT molecular complexity index is 1110. The van der Waals surface area contributed by atoms with E-state index in [2.05, 4.69) is 39.7 Å². The lowest BCUT2D eigenvalue weighted by Crippen LogP contribution is -2.11. The third kappa shape index (κ3) is 3.83. The van der Waals surface area contributed by atoms with E-state index in [9.17, 15) is 9.18 Å². The first-order valence-electron chi connectivity index (χ1n) is 8.78.